The van der Waals surface area contributed by atoms with Gasteiger partial charge in [-0.3, -0.25) is 0 Å². The van der Waals surface area contributed by atoms with Crippen LogP contribution in [0.3, 0.4) is 0 Å². The zero-order valence-electron chi connectivity index (χ0n) is 9.63. The van der Waals surface area contributed by atoms with Crippen molar-refractivity contribution in [2.75, 3.05) is 26.7 Å². The van der Waals surface area contributed by atoms with E-state index in [4.69, 9.17) is 0 Å². The van der Waals surface area contributed by atoms with Crippen molar-refractivity contribution in [2.24, 2.45) is 11.8 Å². The lowest BCUT2D eigenvalue weighted by molar-refractivity contribution is 0.172. The Hall–Kier alpha value is -0.0800. The van der Waals surface area contributed by atoms with Crippen molar-refractivity contribution in [3.8, 4) is 0 Å². The second-order valence-electron chi connectivity index (χ2n) is 5.08. The molecule has 2 saturated heterocycles. The molecule has 0 aromatic rings. The van der Waals surface area contributed by atoms with E-state index >= 15 is 0 Å². The molecule has 2 heterocycles. The van der Waals surface area contributed by atoms with Gasteiger partial charge in [0.2, 0.25) is 0 Å². The van der Waals surface area contributed by atoms with Crippen LogP contribution in [-0.4, -0.2) is 37.6 Å². The van der Waals surface area contributed by atoms with Crippen molar-refractivity contribution in [1.29, 1.82) is 0 Å². The highest BCUT2D eigenvalue weighted by molar-refractivity contribution is 4.90. The van der Waals surface area contributed by atoms with Gasteiger partial charge in [0, 0.05) is 6.04 Å². The molecule has 0 aromatic heterocycles. The summed E-state index contributed by atoms with van der Waals surface area (Å²) in [5.41, 5.74) is 0. The lowest BCUT2D eigenvalue weighted by atomic mass is 9.82. The lowest BCUT2D eigenvalue weighted by Gasteiger charge is -2.35. The Kier molecular flexibility index (Phi) is 3.45. The van der Waals surface area contributed by atoms with Crippen LogP contribution in [0.5, 0.6) is 0 Å². The summed E-state index contributed by atoms with van der Waals surface area (Å²) in [6.07, 6.45) is 5.59. The van der Waals surface area contributed by atoms with Crippen molar-refractivity contribution in [2.45, 2.75) is 38.6 Å². The summed E-state index contributed by atoms with van der Waals surface area (Å²) in [6, 6.07) is 0.841. The zero-order valence-corrected chi connectivity index (χ0v) is 9.63. The molecule has 2 aliphatic rings. The molecule has 0 amide bonds. The van der Waals surface area contributed by atoms with Gasteiger partial charge in [0.25, 0.3) is 0 Å². The van der Waals surface area contributed by atoms with Crippen LogP contribution in [-0.2, 0) is 0 Å². The van der Waals surface area contributed by atoms with E-state index < -0.39 is 0 Å². The van der Waals surface area contributed by atoms with E-state index in [9.17, 15) is 0 Å². The average molecular weight is 196 g/mol. The number of rotatable bonds is 2. The first-order valence-corrected chi connectivity index (χ1v) is 6.23. The van der Waals surface area contributed by atoms with Crippen LogP contribution in [0, 0.1) is 11.8 Å². The van der Waals surface area contributed by atoms with Gasteiger partial charge in [-0.25, -0.2) is 0 Å². The van der Waals surface area contributed by atoms with Gasteiger partial charge < -0.3 is 10.2 Å². The Labute approximate surface area is 88.1 Å². The van der Waals surface area contributed by atoms with Crippen LogP contribution in [0.15, 0.2) is 0 Å². The second-order valence-corrected chi connectivity index (χ2v) is 5.08. The fraction of sp³-hybridized carbons (Fsp3) is 1.00. The summed E-state index contributed by atoms with van der Waals surface area (Å²) in [6.45, 7) is 6.22. The maximum atomic E-state index is 3.72. The third kappa shape index (κ3) is 2.12. The smallest absolute Gasteiger partial charge is 0.0125 e. The molecule has 2 aliphatic heterocycles. The van der Waals surface area contributed by atoms with Crippen LogP contribution in [0.1, 0.15) is 32.6 Å². The largest absolute Gasteiger partial charge is 0.313 e. The highest BCUT2D eigenvalue weighted by Gasteiger charge is 2.33. The number of piperidine rings is 1. The minimum absolute atomic E-state index is 0.841. The van der Waals surface area contributed by atoms with Crippen LogP contribution < -0.4 is 5.32 Å². The maximum Gasteiger partial charge on any atom is 0.0125 e. The van der Waals surface area contributed by atoms with E-state index in [2.05, 4.69) is 24.2 Å². The minimum Gasteiger partial charge on any atom is -0.313 e. The van der Waals surface area contributed by atoms with Gasteiger partial charge in [0.1, 0.15) is 0 Å². The number of hydrogen-bond acceptors (Lipinski definition) is 2. The van der Waals surface area contributed by atoms with E-state index in [1.807, 2.05) is 0 Å². The van der Waals surface area contributed by atoms with Gasteiger partial charge in [-0.15, -0.1) is 0 Å². The second kappa shape index (κ2) is 4.63. The highest BCUT2D eigenvalue weighted by atomic mass is 15.1. The zero-order chi connectivity index (χ0) is 9.97. The Morgan fingerprint density at radius 1 is 1.21 bits per heavy atom. The Morgan fingerprint density at radius 2 is 1.93 bits per heavy atom. The van der Waals surface area contributed by atoms with Gasteiger partial charge in [-0.05, 0) is 57.8 Å². The molecule has 2 rings (SSSR count). The molecular formula is C12H24N2. The van der Waals surface area contributed by atoms with E-state index in [0.29, 0.717) is 0 Å². The Morgan fingerprint density at radius 3 is 2.57 bits per heavy atom. The molecule has 0 spiro atoms. The number of hydrogen-bond donors (Lipinski definition) is 1. The van der Waals surface area contributed by atoms with Crippen LogP contribution in [0.25, 0.3) is 0 Å². The van der Waals surface area contributed by atoms with E-state index in [1.54, 1.807) is 0 Å². The molecule has 0 bridgehead atoms. The SMILES string of the molecule is CCC1CCNC1C1CCN(C)CC1. The molecule has 2 heteroatoms. The standard InChI is InChI=1S/C12H24N2/c1-3-10-4-7-13-12(10)11-5-8-14(2)9-6-11/h10-13H,3-9H2,1-2H3. The molecule has 82 valence electrons. The molecule has 0 aliphatic carbocycles. The molecule has 0 saturated carbocycles. The third-order valence-corrected chi connectivity index (χ3v) is 4.20. The maximum absolute atomic E-state index is 3.72. The lowest BCUT2D eigenvalue weighted by Crippen LogP contribution is -2.41. The predicted molar refractivity (Wildman–Crippen MR) is 60.4 cm³/mol. The molecule has 2 nitrogen and oxygen atoms in total. The molecule has 2 atom stereocenters. The average Bonchev–Trinajstić information content (AvgIpc) is 2.67. The highest BCUT2D eigenvalue weighted by Crippen LogP contribution is 2.30. The molecule has 1 N–H and O–H groups in total. The summed E-state index contributed by atoms with van der Waals surface area (Å²) in [5, 5.41) is 3.72. The predicted octanol–water partition coefficient (Wildman–Crippen LogP) is 1.72. The minimum atomic E-state index is 0.841. The van der Waals surface area contributed by atoms with Crippen molar-refractivity contribution in [3.05, 3.63) is 0 Å². The van der Waals surface area contributed by atoms with Crippen LogP contribution >= 0.6 is 0 Å². The first kappa shape index (κ1) is 10.4. The van der Waals surface area contributed by atoms with E-state index in [1.165, 1.54) is 45.3 Å². The van der Waals surface area contributed by atoms with Crippen molar-refractivity contribution < 1.29 is 0 Å². The Bertz CT molecular complexity index is 173. The number of nitrogens with zero attached hydrogens (tertiary/aromatic N) is 1. The summed E-state index contributed by atoms with van der Waals surface area (Å²) < 4.78 is 0. The van der Waals surface area contributed by atoms with Gasteiger partial charge in [-0.1, -0.05) is 13.3 Å². The van der Waals surface area contributed by atoms with Crippen LogP contribution in [0.2, 0.25) is 0 Å². The molecule has 0 aromatic carbocycles. The first-order valence-electron chi connectivity index (χ1n) is 6.23. The summed E-state index contributed by atoms with van der Waals surface area (Å²) in [4.78, 5) is 2.46. The molecule has 2 fully saturated rings. The molecule has 2 unspecified atom stereocenters. The van der Waals surface area contributed by atoms with Crippen molar-refractivity contribution in [1.82, 2.24) is 10.2 Å². The Balaban J connectivity index is 1.88. The quantitative estimate of drug-likeness (QED) is 0.723. The third-order valence-electron chi connectivity index (χ3n) is 4.20. The van der Waals surface area contributed by atoms with Gasteiger partial charge in [0.05, 0.1) is 0 Å². The van der Waals surface area contributed by atoms with Crippen molar-refractivity contribution >= 4 is 0 Å². The molecule has 0 radical (unpaired) electrons. The summed E-state index contributed by atoms with van der Waals surface area (Å²) >= 11 is 0. The van der Waals surface area contributed by atoms with Gasteiger partial charge >= 0.3 is 0 Å². The fourth-order valence-corrected chi connectivity index (χ4v) is 3.18. The summed E-state index contributed by atoms with van der Waals surface area (Å²) in [7, 11) is 2.25. The normalized spacial score (nSPS) is 36.4. The van der Waals surface area contributed by atoms with Gasteiger partial charge in [0.15, 0.2) is 0 Å². The van der Waals surface area contributed by atoms with E-state index in [0.717, 1.165) is 17.9 Å². The van der Waals surface area contributed by atoms with Gasteiger partial charge in [-0.2, -0.15) is 0 Å². The molecule has 14 heavy (non-hydrogen) atoms. The number of nitrogens with one attached hydrogen (secondary N) is 1. The van der Waals surface area contributed by atoms with E-state index in [-0.39, 0.29) is 0 Å². The fourth-order valence-electron chi connectivity index (χ4n) is 3.18. The van der Waals surface area contributed by atoms with Crippen LogP contribution in [0.4, 0.5) is 0 Å². The topological polar surface area (TPSA) is 15.3 Å². The number of likely N-dealkylation sites (tertiary alicyclic amines) is 1. The van der Waals surface area contributed by atoms with Crippen molar-refractivity contribution in [3.63, 3.8) is 0 Å². The first-order chi connectivity index (χ1) is 6.81. The molecular weight excluding hydrogens is 172 g/mol. The summed E-state index contributed by atoms with van der Waals surface area (Å²) in [5.74, 6) is 1.92. The monoisotopic (exact) mass is 196 g/mol.